The molecule has 3 aromatic rings. The molecule has 3 N–H and O–H groups in total. The molecule has 1 heterocycles. The zero-order valence-corrected chi connectivity index (χ0v) is 21.4. The molecular weight excluding hydrogens is 497 g/mol. The summed E-state index contributed by atoms with van der Waals surface area (Å²) in [4.78, 5) is 4.54. The third-order valence-electron chi connectivity index (χ3n) is 5.63. The second-order valence-electron chi connectivity index (χ2n) is 8.52. The number of methoxy groups -OCH3 is 1. The first-order valence-corrected chi connectivity index (χ1v) is 12.8. The minimum atomic E-state index is -4.52. The van der Waals surface area contributed by atoms with E-state index < -0.39 is 27.8 Å². The first kappa shape index (κ1) is 27.3. The summed E-state index contributed by atoms with van der Waals surface area (Å²) in [6.07, 6.45) is -3.41. The summed E-state index contributed by atoms with van der Waals surface area (Å²) in [7, 11) is -0.422. The first-order valence-electron chi connectivity index (χ1n) is 11.0. The molecule has 0 aliphatic carbocycles. The Kier molecular flexibility index (Phi) is 7.89. The fourth-order valence-electron chi connectivity index (χ4n) is 3.61. The van der Waals surface area contributed by atoms with E-state index in [1.165, 1.54) is 24.5 Å². The predicted octanol–water partition coefficient (Wildman–Crippen LogP) is 4.60. The molecule has 0 aliphatic heterocycles. The van der Waals surface area contributed by atoms with Crippen molar-refractivity contribution >= 4 is 32.3 Å². The SMILES string of the molecule is COc1cc2nc(C)cc(N[C@H](C)c3cc(N)cc(C(F)(F)F)c3)c2cc1OCCN(C)S(C)(=O)=O. The van der Waals surface area contributed by atoms with Crippen LogP contribution >= 0.6 is 0 Å². The number of pyridine rings is 1. The predicted molar refractivity (Wildman–Crippen MR) is 134 cm³/mol. The van der Waals surface area contributed by atoms with E-state index in [-0.39, 0.29) is 18.8 Å². The summed E-state index contributed by atoms with van der Waals surface area (Å²) >= 11 is 0. The minimum absolute atomic E-state index is 0.0173. The number of nitrogens with one attached hydrogen (secondary N) is 1. The van der Waals surface area contributed by atoms with E-state index in [2.05, 4.69) is 10.3 Å². The smallest absolute Gasteiger partial charge is 0.416 e. The number of nitrogens with zero attached hydrogens (tertiary/aromatic N) is 2. The second kappa shape index (κ2) is 10.4. The fourth-order valence-corrected chi connectivity index (χ4v) is 4.02. The lowest BCUT2D eigenvalue weighted by molar-refractivity contribution is -0.137. The Morgan fingerprint density at radius 3 is 2.44 bits per heavy atom. The fraction of sp³-hybridized carbons (Fsp3) is 0.375. The van der Waals surface area contributed by atoms with Crippen molar-refractivity contribution in [2.24, 2.45) is 0 Å². The molecule has 3 rings (SSSR count). The summed E-state index contributed by atoms with van der Waals surface area (Å²) in [5.41, 5.74) is 7.21. The quantitative estimate of drug-likeness (QED) is 0.393. The van der Waals surface area contributed by atoms with E-state index in [4.69, 9.17) is 15.2 Å². The lowest BCUT2D eigenvalue weighted by Gasteiger charge is -2.21. The van der Waals surface area contributed by atoms with Gasteiger partial charge in [0.1, 0.15) is 6.61 Å². The maximum atomic E-state index is 13.3. The number of rotatable bonds is 9. The molecule has 0 radical (unpaired) electrons. The van der Waals surface area contributed by atoms with E-state index in [1.807, 2.05) is 0 Å². The molecule has 0 saturated carbocycles. The topological polar surface area (TPSA) is 107 Å². The lowest BCUT2D eigenvalue weighted by Crippen LogP contribution is -2.29. The molecule has 36 heavy (non-hydrogen) atoms. The van der Waals surface area contributed by atoms with Gasteiger partial charge in [0, 0.05) is 48.2 Å². The molecule has 0 aliphatic rings. The van der Waals surface area contributed by atoms with Gasteiger partial charge in [-0.15, -0.1) is 0 Å². The number of likely N-dealkylation sites (N-methyl/N-ethyl adjacent to an activating group) is 1. The van der Waals surface area contributed by atoms with Gasteiger partial charge in [-0.3, -0.25) is 4.98 Å². The number of hydrogen-bond acceptors (Lipinski definition) is 7. The maximum absolute atomic E-state index is 13.3. The van der Waals surface area contributed by atoms with Crippen LogP contribution in [0.3, 0.4) is 0 Å². The molecule has 0 unspecified atom stereocenters. The van der Waals surface area contributed by atoms with Crippen LogP contribution in [0.2, 0.25) is 0 Å². The molecule has 0 bridgehead atoms. The number of fused-ring (bicyclic) bond motifs is 1. The van der Waals surface area contributed by atoms with E-state index in [1.54, 1.807) is 32.0 Å². The highest BCUT2D eigenvalue weighted by molar-refractivity contribution is 7.88. The van der Waals surface area contributed by atoms with Crippen molar-refractivity contribution in [1.29, 1.82) is 0 Å². The highest BCUT2D eigenvalue weighted by atomic mass is 32.2. The third-order valence-corrected chi connectivity index (χ3v) is 6.94. The van der Waals surface area contributed by atoms with Gasteiger partial charge in [-0.2, -0.15) is 13.2 Å². The molecule has 0 amide bonds. The number of ether oxygens (including phenoxy) is 2. The Bertz CT molecular complexity index is 1360. The number of aromatic nitrogens is 1. The Morgan fingerprint density at radius 2 is 1.83 bits per heavy atom. The van der Waals surface area contributed by atoms with Crippen LogP contribution in [0.1, 0.15) is 29.8 Å². The van der Waals surface area contributed by atoms with Crippen LogP contribution in [0.4, 0.5) is 24.5 Å². The summed E-state index contributed by atoms with van der Waals surface area (Å²) in [6.45, 7) is 3.74. The standard InChI is InChI=1S/C24H29F3N4O4S/c1-14-8-20(30-15(2)16-9-17(24(25,26)27)11-18(28)10-16)19-12-23(22(34-4)13-21(19)29-14)35-7-6-31(3)36(5,32)33/h8-13,15H,6-7,28H2,1-5H3,(H,29,30)/t15-/m1/s1. The van der Waals surface area contributed by atoms with Crippen molar-refractivity contribution in [3.05, 3.63) is 53.2 Å². The monoisotopic (exact) mass is 526 g/mol. The molecule has 0 spiro atoms. The number of hydrogen-bond donors (Lipinski definition) is 2. The first-order chi connectivity index (χ1) is 16.7. The van der Waals surface area contributed by atoms with Gasteiger partial charge in [0.2, 0.25) is 10.0 Å². The molecule has 12 heteroatoms. The third kappa shape index (κ3) is 6.49. The van der Waals surface area contributed by atoms with Crippen LogP contribution in [0.15, 0.2) is 36.4 Å². The van der Waals surface area contributed by atoms with E-state index in [9.17, 15) is 21.6 Å². The van der Waals surface area contributed by atoms with Gasteiger partial charge in [0.05, 0.1) is 24.4 Å². The van der Waals surface area contributed by atoms with Crippen molar-refractivity contribution in [2.75, 3.05) is 44.6 Å². The number of aryl methyl sites for hydroxylation is 1. The molecule has 1 atom stereocenters. The Hall–Kier alpha value is -3.25. The number of benzene rings is 2. The average molecular weight is 527 g/mol. The highest BCUT2D eigenvalue weighted by Gasteiger charge is 2.31. The largest absolute Gasteiger partial charge is 0.493 e. The molecule has 1 aromatic heterocycles. The van der Waals surface area contributed by atoms with Crippen LogP contribution in [-0.2, 0) is 16.2 Å². The Balaban J connectivity index is 1.96. The Morgan fingerprint density at radius 1 is 1.14 bits per heavy atom. The maximum Gasteiger partial charge on any atom is 0.416 e. The van der Waals surface area contributed by atoms with Crippen molar-refractivity contribution < 1.29 is 31.1 Å². The molecule has 0 saturated heterocycles. The number of halogens is 3. The van der Waals surface area contributed by atoms with Gasteiger partial charge in [0.25, 0.3) is 0 Å². The van der Waals surface area contributed by atoms with Crippen molar-refractivity contribution in [2.45, 2.75) is 26.1 Å². The molecule has 196 valence electrons. The van der Waals surface area contributed by atoms with E-state index in [0.29, 0.717) is 39.3 Å². The second-order valence-corrected chi connectivity index (χ2v) is 10.6. The summed E-state index contributed by atoms with van der Waals surface area (Å²) in [5.74, 6) is 0.781. The highest BCUT2D eigenvalue weighted by Crippen LogP contribution is 2.37. The normalized spacial score (nSPS) is 13.1. The minimum Gasteiger partial charge on any atom is -0.493 e. The van der Waals surface area contributed by atoms with Gasteiger partial charge >= 0.3 is 6.18 Å². The van der Waals surface area contributed by atoms with Crippen LogP contribution in [0.5, 0.6) is 11.5 Å². The lowest BCUT2D eigenvalue weighted by atomic mass is 10.0. The molecule has 0 fully saturated rings. The molecule has 8 nitrogen and oxygen atoms in total. The number of alkyl halides is 3. The summed E-state index contributed by atoms with van der Waals surface area (Å²) < 4.78 is 75.5. The van der Waals surface area contributed by atoms with Crippen molar-refractivity contribution in [1.82, 2.24) is 9.29 Å². The number of sulfonamides is 1. The van der Waals surface area contributed by atoms with Crippen LogP contribution in [0, 0.1) is 6.92 Å². The van der Waals surface area contributed by atoms with Crippen LogP contribution in [-0.4, -0.2) is 51.3 Å². The van der Waals surface area contributed by atoms with Crippen molar-refractivity contribution in [3.63, 3.8) is 0 Å². The summed E-state index contributed by atoms with van der Waals surface area (Å²) in [6, 6.07) is 8.13. The van der Waals surface area contributed by atoms with E-state index >= 15 is 0 Å². The Labute approximate surface area is 208 Å². The average Bonchev–Trinajstić information content (AvgIpc) is 2.77. The molecular formula is C24H29F3N4O4S. The number of nitrogen functional groups attached to an aromatic ring is 1. The number of anilines is 2. The molecule has 2 aromatic carbocycles. The van der Waals surface area contributed by atoms with Gasteiger partial charge < -0.3 is 20.5 Å². The van der Waals surface area contributed by atoms with Gasteiger partial charge in [-0.25, -0.2) is 12.7 Å². The number of nitrogens with two attached hydrogens (primary N) is 1. The van der Waals surface area contributed by atoms with Crippen molar-refractivity contribution in [3.8, 4) is 11.5 Å². The van der Waals surface area contributed by atoms with Gasteiger partial charge in [0.15, 0.2) is 11.5 Å². The van der Waals surface area contributed by atoms with Crippen LogP contribution in [0.25, 0.3) is 10.9 Å². The van der Waals surface area contributed by atoms with E-state index in [0.717, 1.165) is 18.4 Å². The zero-order valence-electron chi connectivity index (χ0n) is 20.6. The van der Waals surface area contributed by atoms with Gasteiger partial charge in [-0.1, -0.05) is 0 Å². The summed E-state index contributed by atoms with van der Waals surface area (Å²) in [5, 5.41) is 3.91. The zero-order chi connectivity index (χ0) is 26.8. The van der Waals surface area contributed by atoms with Crippen LogP contribution < -0.4 is 20.5 Å². The van der Waals surface area contributed by atoms with Gasteiger partial charge in [-0.05, 0) is 49.7 Å².